The van der Waals surface area contributed by atoms with Gasteiger partial charge in [0.1, 0.15) is 11.2 Å². The summed E-state index contributed by atoms with van der Waals surface area (Å²) in [6, 6.07) is 2.06. The first-order valence-electron chi connectivity index (χ1n) is 7.21. The Morgan fingerprint density at radius 2 is 2.29 bits per heavy atom. The lowest BCUT2D eigenvalue weighted by atomic mass is 10.1. The lowest BCUT2D eigenvalue weighted by Gasteiger charge is -2.36. The molecule has 0 saturated carbocycles. The number of nitrogens with zero attached hydrogens (tertiary/aromatic N) is 2. The van der Waals surface area contributed by atoms with E-state index in [4.69, 9.17) is 5.73 Å². The van der Waals surface area contributed by atoms with E-state index in [-0.39, 0.29) is 5.75 Å². The van der Waals surface area contributed by atoms with Crippen LogP contribution in [0, 0.1) is 6.92 Å². The maximum absolute atomic E-state index is 12.3. The molecule has 118 valence electrons. The number of hydrogen-bond donors (Lipinski definition) is 1. The molecule has 1 unspecified atom stereocenters. The lowest BCUT2D eigenvalue weighted by molar-refractivity contribution is 0.578. The SMILES string of the molecule is CCS(=O)(=O)C1CSCCN1c1ncc(CCN)cc1C. The van der Waals surface area contributed by atoms with Crippen molar-refractivity contribution in [2.45, 2.75) is 25.6 Å². The summed E-state index contributed by atoms with van der Waals surface area (Å²) in [5, 5.41) is -0.465. The second kappa shape index (κ2) is 6.98. The summed E-state index contributed by atoms with van der Waals surface area (Å²) in [5.41, 5.74) is 7.68. The minimum atomic E-state index is -3.11. The number of hydrogen-bond acceptors (Lipinski definition) is 6. The zero-order chi connectivity index (χ0) is 15.5. The van der Waals surface area contributed by atoms with Crippen molar-refractivity contribution in [1.29, 1.82) is 0 Å². The number of sulfone groups is 1. The molecule has 1 aliphatic rings. The second-order valence-electron chi connectivity index (χ2n) is 5.20. The van der Waals surface area contributed by atoms with E-state index in [1.807, 2.05) is 18.0 Å². The fourth-order valence-corrected chi connectivity index (χ4v) is 5.51. The fourth-order valence-electron chi connectivity index (χ4n) is 2.54. The van der Waals surface area contributed by atoms with Gasteiger partial charge in [0.15, 0.2) is 9.84 Å². The number of anilines is 1. The first-order valence-corrected chi connectivity index (χ1v) is 10.1. The number of rotatable bonds is 5. The molecule has 0 radical (unpaired) electrons. The van der Waals surface area contributed by atoms with Gasteiger partial charge in [-0.25, -0.2) is 13.4 Å². The van der Waals surface area contributed by atoms with E-state index in [1.54, 1.807) is 18.7 Å². The maximum Gasteiger partial charge on any atom is 0.171 e. The van der Waals surface area contributed by atoms with Gasteiger partial charge in [0.05, 0.1) is 0 Å². The summed E-state index contributed by atoms with van der Waals surface area (Å²) in [5.74, 6) is 2.50. The number of pyridine rings is 1. The molecule has 1 fully saturated rings. The van der Waals surface area contributed by atoms with Gasteiger partial charge < -0.3 is 10.6 Å². The monoisotopic (exact) mass is 329 g/mol. The fraction of sp³-hybridized carbons (Fsp3) is 0.643. The molecule has 0 spiro atoms. The molecule has 1 atom stereocenters. The highest BCUT2D eigenvalue weighted by molar-refractivity contribution is 8.01. The van der Waals surface area contributed by atoms with E-state index in [0.717, 1.165) is 35.7 Å². The van der Waals surface area contributed by atoms with Crippen molar-refractivity contribution < 1.29 is 8.42 Å². The summed E-state index contributed by atoms with van der Waals surface area (Å²) in [6.07, 6.45) is 2.60. The second-order valence-corrected chi connectivity index (χ2v) is 8.79. The van der Waals surface area contributed by atoms with E-state index in [9.17, 15) is 8.42 Å². The van der Waals surface area contributed by atoms with Crippen LogP contribution in [0.3, 0.4) is 0 Å². The van der Waals surface area contributed by atoms with Gasteiger partial charge in [-0.15, -0.1) is 0 Å². The molecule has 2 N–H and O–H groups in total. The summed E-state index contributed by atoms with van der Waals surface area (Å²) < 4.78 is 24.6. The summed E-state index contributed by atoms with van der Waals surface area (Å²) in [7, 11) is -3.11. The van der Waals surface area contributed by atoms with Crippen LogP contribution < -0.4 is 10.6 Å². The van der Waals surface area contributed by atoms with Crippen molar-refractivity contribution in [2.24, 2.45) is 5.73 Å². The zero-order valence-electron chi connectivity index (χ0n) is 12.6. The normalized spacial score (nSPS) is 19.8. The predicted octanol–water partition coefficient (Wildman–Crippen LogP) is 1.21. The Morgan fingerprint density at radius 3 is 2.90 bits per heavy atom. The molecule has 0 bridgehead atoms. The minimum Gasteiger partial charge on any atom is -0.338 e. The smallest absolute Gasteiger partial charge is 0.171 e. The minimum absolute atomic E-state index is 0.166. The highest BCUT2D eigenvalue weighted by atomic mass is 32.2. The molecule has 7 heteroatoms. The first kappa shape index (κ1) is 16.6. The zero-order valence-corrected chi connectivity index (χ0v) is 14.2. The van der Waals surface area contributed by atoms with E-state index in [1.165, 1.54) is 0 Å². The van der Waals surface area contributed by atoms with Crippen LogP contribution in [0.15, 0.2) is 12.3 Å². The van der Waals surface area contributed by atoms with E-state index in [0.29, 0.717) is 12.3 Å². The molecule has 2 heterocycles. The van der Waals surface area contributed by atoms with Crippen LogP contribution in [0.5, 0.6) is 0 Å². The highest BCUT2D eigenvalue weighted by Crippen LogP contribution is 2.28. The van der Waals surface area contributed by atoms with Gasteiger partial charge in [0, 0.05) is 30.0 Å². The Labute approximate surface area is 131 Å². The lowest BCUT2D eigenvalue weighted by Crippen LogP contribution is -2.48. The van der Waals surface area contributed by atoms with Crippen LogP contribution in [0.2, 0.25) is 0 Å². The van der Waals surface area contributed by atoms with Crippen molar-refractivity contribution in [3.63, 3.8) is 0 Å². The molecule has 1 aromatic rings. The van der Waals surface area contributed by atoms with Crippen molar-refractivity contribution in [3.05, 3.63) is 23.4 Å². The molecule has 0 aromatic carbocycles. The van der Waals surface area contributed by atoms with Crippen LogP contribution in [0.4, 0.5) is 5.82 Å². The molecular formula is C14H23N3O2S2. The van der Waals surface area contributed by atoms with Gasteiger partial charge in [-0.1, -0.05) is 13.0 Å². The molecular weight excluding hydrogens is 306 g/mol. The van der Waals surface area contributed by atoms with E-state index >= 15 is 0 Å². The largest absolute Gasteiger partial charge is 0.338 e. The topological polar surface area (TPSA) is 76.3 Å². The van der Waals surface area contributed by atoms with Crippen LogP contribution in [-0.4, -0.2) is 49.1 Å². The Bertz CT molecular complexity index is 590. The molecule has 2 rings (SSSR count). The Balaban J connectivity index is 2.34. The van der Waals surface area contributed by atoms with Gasteiger partial charge in [-0.05, 0) is 31.0 Å². The molecule has 5 nitrogen and oxygen atoms in total. The molecule has 1 saturated heterocycles. The standard InChI is InChI=1S/C14H23N3O2S2/c1-3-21(18,19)13-10-20-7-6-17(13)14-11(2)8-12(4-5-15)9-16-14/h8-9,13H,3-7,10,15H2,1-2H3. The average Bonchev–Trinajstić information content (AvgIpc) is 2.48. The number of aromatic nitrogens is 1. The quantitative estimate of drug-likeness (QED) is 0.875. The number of thioether (sulfide) groups is 1. The molecule has 21 heavy (non-hydrogen) atoms. The Hall–Kier alpha value is -0.790. The maximum atomic E-state index is 12.3. The summed E-state index contributed by atoms with van der Waals surface area (Å²) >= 11 is 1.70. The van der Waals surface area contributed by atoms with Crippen molar-refractivity contribution in [2.75, 3.05) is 35.2 Å². The Kier molecular flexibility index (Phi) is 5.51. The summed E-state index contributed by atoms with van der Waals surface area (Å²) in [6.45, 7) is 5.00. The first-order chi connectivity index (χ1) is 9.99. The van der Waals surface area contributed by atoms with E-state index < -0.39 is 15.2 Å². The van der Waals surface area contributed by atoms with Gasteiger partial charge in [0.25, 0.3) is 0 Å². The Morgan fingerprint density at radius 1 is 1.52 bits per heavy atom. The third-order valence-electron chi connectivity index (χ3n) is 3.71. The van der Waals surface area contributed by atoms with E-state index in [2.05, 4.69) is 11.1 Å². The third kappa shape index (κ3) is 3.70. The number of nitrogens with two attached hydrogens (primary N) is 1. The molecule has 0 amide bonds. The van der Waals surface area contributed by atoms with Gasteiger partial charge >= 0.3 is 0 Å². The van der Waals surface area contributed by atoms with Crippen LogP contribution >= 0.6 is 11.8 Å². The van der Waals surface area contributed by atoms with Crippen LogP contribution in [0.1, 0.15) is 18.1 Å². The third-order valence-corrected chi connectivity index (χ3v) is 7.00. The van der Waals surface area contributed by atoms with Crippen LogP contribution in [0.25, 0.3) is 0 Å². The van der Waals surface area contributed by atoms with Crippen molar-refractivity contribution in [3.8, 4) is 0 Å². The average molecular weight is 329 g/mol. The van der Waals surface area contributed by atoms with Gasteiger partial charge in [-0.2, -0.15) is 11.8 Å². The molecule has 1 aliphatic heterocycles. The molecule has 1 aromatic heterocycles. The van der Waals surface area contributed by atoms with Gasteiger partial charge in [-0.3, -0.25) is 0 Å². The van der Waals surface area contributed by atoms with Crippen LogP contribution in [-0.2, 0) is 16.3 Å². The number of aryl methyl sites for hydroxylation is 1. The van der Waals surface area contributed by atoms with Gasteiger partial charge in [0.2, 0.25) is 0 Å². The van der Waals surface area contributed by atoms with Crippen molar-refractivity contribution in [1.82, 2.24) is 4.98 Å². The highest BCUT2D eigenvalue weighted by Gasteiger charge is 2.34. The summed E-state index contributed by atoms with van der Waals surface area (Å²) in [4.78, 5) is 6.47. The predicted molar refractivity (Wildman–Crippen MR) is 89.7 cm³/mol. The van der Waals surface area contributed by atoms with Crippen molar-refractivity contribution >= 4 is 27.4 Å². The molecule has 0 aliphatic carbocycles.